The molecule has 0 saturated carbocycles. The van der Waals surface area contributed by atoms with E-state index in [0.29, 0.717) is 37.8 Å². The number of rotatable bonds is 5. The van der Waals surface area contributed by atoms with Crippen LogP contribution < -0.4 is 15.5 Å². The van der Waals surface area contributed by atoms with Gasteiger partial charge in [-0.1, -0.05) is 5.16 Å². The number of nitro benzene ring substituents is 1. The van der Waals surface area contributed by atoms with Crippen LogP contribution in [-0.2, 0) is 4.74 Å². The normalized spacial score (nSPS) is 14.6. The smallest absolute Gasteiger partial charge is 0.352 e. The van der Waals surface area contributed by atoms with E-state index in [-0.39, 0.29) is 17.6 Å². The van der Waals surface area contributed by atoms with E-state index in [2.05, 4.69) is 20.1 Å². The summed E-state index contributed by atoms with van der Waals surface area (Å²) < 4.78 is 5.28. The zero-order chi connectivity index (χ0) is 17.6. The number of nitrogens with zero attached hydrogens (tertiary/aromatic N) is 6. The minimum atomic E-state index is -0.474. The molecule has 2 aromatic rings. The topological polar surface area (TPSA) is 142 Å². The Morgan fingerprint density at radius 3 is 2.64 bits per heavy atom. The molecule has 1 saturated heterocycles. The largest absolute Gasteiger partial charge is 0.378 e. The number of hydrogen-bond acceptors (Lipinski definition) is 10. The van der Waals surface area contributed by atoms with Crippen LogP contribution in [0.5, 0.6) is 6.01 Å². The zero-order valence-electron chi connectivity index (χ0n) is 13.1. The third-order valence-electron chi connectivity index (χ3n) is 3.35. The number of aromatic nitrogens is 3. The van der Waals surface area contributed by atoms with Gasteiger partial charge in [0, 0.05) is 25.2 Å². The highest BCUT2D eigenvalue weighted by Crippen LogP contribution is 2.15. The van der Waals surface area contributed by atoms with Gasteiger partial charge in [-0.2, -0.15) is 15.0 Å². The van der Waals surface area contributed by atoms with Crippen LogP contribution in [0.15, 0.2) is 29.4 Å². The van der Waals surface area contributed by atoms with Crippen molar-refractivity contribution in [3.63, 3.8) is 0 Å². The zero-order valence-corrected chi connectivity index (χ0v) is 13.1. The van der Waals surface area contributed by atoms with Crippen molar-refractivity contribution in [1.29, 1.82) is 0 Å². The minimum Gasteiger partial charge on any atom is -0.378 e. The quantitative estimate of drug-likeness (QED) is 0.468. The van der Waals surface area contributed by atoms with Crippen molar-refractivity contribution in [2.75, 3.05) is 36.9 Å². The summed E-state index contributed by atoms with van der Waals surface area (Å²) in [6.07, 6.45) is 1.39. The fourth-order valence-corrected chi connectivity index (χ4v) is 2.12. The van der Waals surface area contributed by atoms with Crippen molar-refractivity contribution in [3.05, 3.63) is 39.9 Å². The first-order chi connectivity index (χ1) is 12.1. The van der Waals surface area contributed by atoms with E-state index in [9.17, 15) is 10.1 Å². The number of nitro groups is 1. The molecule has 11 heteroatoms. The molecule has 11 nitrogen and oxygen atoms in total. The summed E-state index contributed by atoms with van der Waals surface area (Å²) >= 11 is 0. The van der Waals surface area contributed by atoms with E-state index in [4.69, 9.17) is 15.3 Å². The predicted octanol–water partition coefficient (Wildman–Crippen LogP) is 0.611. The second-order valence-electron chi connectivity index (χ2n) is 5.05. The Hall–Kier alpha value is -3.34. The van der Waals surface area contributed by atoms with Gasteiger partial charge in [-0.3, -0.25) is 10.1 Å². The van der Waals surface area contributed by atoms with Crippen LogP contribution in [-0.4, -0.2) is 52.4 Å². The molecule has 1 aliphatic rings. The molecule has 0 spiro atoms. The van der Waals surface area contributed by atoms with Crippen molar-refractivity contribution in [2.24, 2.45) is 5.16 Å². The molecule has 0 atom stereocenters. The van der Waals surface area contributed by atoms with E-state index >= 15 is 0 Å². The Morgan fingerprint density at radius 1 is 1.24 bits per heavy atom. The summed E-state index contributed by atoms with van der Waals surface area (Å²) in [5.74, 6) is 0.424. The minimum absolute atomic E-state index is 0.00142. The second kappa shape index (κ2) is 7.49. The number of oxime groups is 1. The molecule has 2 heterocycles. The number of non-ortho nitro benzene ring substituents is 1. The number of morpholine rings is 1. The highest BCUT2D eigenvalue weighted by molar-refractivity contribution is 5.79. The molecule has 0 amide bonds. The number of nitrogens with two attached hydrogens (primary N) is 1. The molecular weight excluding hydrogens is 330 g/mol. The standard InChI is InChI=1S/C14H15N7O4/c15-12-17-13(20-5-7-24-8-6-20)19-14(18-12)25-16-9-10-1-3-11(4-2-10)21(22)23/h1-4,9H,5-8H2,(H2,15,17,18,19)/b16-9-. The van der Waals surface area contributed by atoms with E-state index in [1.807, 2.05) is 4.90 Å². The van der Waals surface area contributed by atoms with Crippen LogP contribution in [0.3, 0.4) is 0 Å². The summed E-state index contributed by atoms with van der Waals surface area (Å²) in [5.41, 5.74) is 6.30. The molecule has 0 radical (unpaired) electrons. The third-order valence-corrected chi connectivity index (χ3v) is 3.35. The van der Waals surface area contributed by atoms with E-state index in [0.717, 1.165) is 0 Å². The lowest BCUT2D eigenvalue weighted by Gasteiger charge is -2.26. The summed E-state index contributed by atoms with van der Waals surface area (Å²) in [5, 5.41) is 14.4. The fraction of sp³-hybridized carbons (Fsp3) is 0.286. The predicted molar refractivity (Wildman–Crippen MR) is 88.6 cm³/mol. The Bertz CT molecular complexity index is 775. The number of ether oxygens (including phenoxy) is 1. The molecule has 3 rings (SSSR count). The highest BCUT2D eigenvalue weighted by Gasteiger charge is 2.16. The lowest BCUT2D eigenvalue weighted by molar-refractivity contribution is -0.384. The fourth-order valence-electron chi connectivity index (χ4n) is 2.12. The van der Waals surface area contributed by atoms with Gasteiger partial charge in [0.15, 0.2) is 0 Å². The Labute approximate surface area is 142 Å². The van der Waals surface area contributed by atoms with Crippen molar-refractivity contribution in [2.45, 2.75) is 0 Å². The molecule has 130 valence electrons. The van der Waals surface area contributed by atoms with Gasteiger partial charge in [0.2, 0.25) is 11.9 Å². The molecule has 0 aliphatic carbocycles. The molecule has 2 N–H and O–H groups in total. The van der Waals surface area contributed by atoms with Gasteiger partial charge >= 0.3 is 6.01 Å². The summed E-state index contributed by atoms with van der Waals surface area (Å²) in [7, 11) is 0. The molecule has 1 fully saturated rings. The summed E-state index contributed by atoms with van der Waals surface area (Å²) in [6.45, 7) is 2.46. The van der Waals surface area contributed by atoms with Crippen LogP contribution in [0.2, 0.25) is 0 Å². The molecule has 0 bridgehead atoms. The van der Waals surface area contributed by atoms with E-state index in [1.54, 1.807) is 12.1 Å². The lowest BCUT2D eigenvalue weighted by atomic mass is 10.2. The van der Waals surface area contributed by atoms with Crippen LogP contribution in [0.25, 0.3) is 0 Å². The van der Waals surface area contributed by atoms with Crippen LogP contribution >= 0.6 is 0 Å². The maximum absolute atomic E-state index is 10.6. The molecule has 1 aliphatic heterocycles. The first-order valence-electron chi connectivity index (χ1n) is 7.41. The van der Waals surface area contributed by atoms with Gasteiger partial charge in [-0.05, 0) is 17.7 Å². The Morgan fingerprint density at radius 2 is 1.96 bits per heavy atom. The Kier molecular flexibility index (Phi) is 4.95. The number of benzene rings is 1. The first kappa shape index (κ1) is 16.5. The highest BCUT2D eigenvalue weighted by atomic mass is 16.6. The van der Waals surface area contributed by atoms with Gasteiger partial charge in [0.1, 0.15) is 0 Å². The first-order valence-corrected chi connectivity index (χ1v) is 7.41. The van der Waals surface area contributed by atoms with Crippen molar-refractivity contribution in [1.82, 2.24) is 15.0 Å². The average Bonchev–Trinajstić information content (AvgIpc) is 2.62. The van der Waals surface area contributed by atoms with Gasteiger partial charge in [-0.15, -0.1) is 0 Å². The number of anilines is 2. The molecule has 1 aromatic carbocycles. The molecule has 0 unspecified atom stereocenters. The number of nitrogen functional groups attached to an aromatic ring is 1. The lowest BCUT2D eigenvalue weighted by Crippen LogP contribution is -2.37. The van der Waals surface area contributed by atoms with Crippen molar-refractivity contribution >= 4 is 23.8 Å². The second-order valence-corrected chi connectivity index (χ2v) is 5.05. The maximum atomic E-state index is 10.6. The number of hydrogen-bond donors (Lipinski definition) is 1. The molecule has 25 heavy (non-hydrogen) atoms. The Balaban J connectivity index is 1.67. The molecular formula is C14H15N7O4. The van der Waals surface area contributed by atoms with Gasteiger partial charge < -0.3 is 20.2 Å². The third kappa shape index (κ3) is 4.35. The van der Waals surface area contributed by atoms with E-state index in [1.165, 1.54) is 18.3 Å². The average molecular weight is 345 g/mol. The van der Waals surface area contributed by atoms with Crippen molar-refractivity contribution < 1.29 is 14.5 Å². The van der Waals surface area contributed by atoms with Crippen LogP contribution in [0.4, 0.5) is 17.6 Å². The van der Waals surface area contributed by atoms with Gasteiger partial charge in [0.05, 0.1) is 24.4 Å². The van der Waals surface area contributed by atoms with Crippen LogP contribution in [0.1, 0.15) is 5.56 Å². The summed E-state index contributed by atoms with van der Waals surface area (Å²) in [6, 6.07) is 5.81. The maximum Gasteiger partial charge on any atom is 0.352 e. The monoisotopic (exact) mass is 345 g/mol. The summed E-state index contributed by atoms with van der Waals surface area (Å²) in [4.78, 5) is 29.3. The molecule has 1 aromatic heterocycles. The van der Waals surface area contributed by atoms with E-state index < -0.39 is 4.92 Å². The van der Waals surface area contributed by atoms with Crippen LogP contribution in [0, 0.1) is 10.1 Å². The SMILES string of the molecule is Nc1nc(O/N=C\c2ccc([N+](=O)[O-])cc2)nc(N2CCOCC2)n1. The van der Waals surface area contributed by atoms with Gasteiger partial charge in [0.25, 0.3) is 5.69 Å². The van der Waals surface area contributed by atoms with Crippen molar-refractivity contribution in [3.8, 4) is 6.01 Å². The van der Waals surface area contributed by atoms with Gasteiger partial charge in [-0.25, -0.2) is 0 Å².